The van der Waals surface area contributed by atoms with Crippen LogP contribution in [0.2, 0.25) is 10.0 Å². The van der Waals surface area contributed by atoms with Gasteiger partial charge in [0.15, 0.2) is 0 Å². The van der Waals surface area contributed by atoms with E-state index in [0.717, 1.165) is 0 Å². The Kier molecular flexibility index (Phi) is 4.47. The van der Waals surface area contributed by atoms with Crippen LogP contribution in [-0.2, 0) is 14.3 Å². The Hall–Kier alpha value is -0.290. The predicted octanol–water partition coefficient (Wildman–Crippen LogP) is 3.74. The van der Waals surface area contributed by atoms with E-state index < -0.39 is 10.1 Å². The van der Waals surface area contributed by atoms with Crippen LogP contribution < -0.4 is 0 Å². The second-order valence-corrected chi connectivity index (χ2v) is 7.37. The minimum Gasteiger partial charge on any atom is -0.266 e. The van der Waals surface area contributed by atoms with E-state index in [-0.39, 0.29) is 27.0 Å². The molecule has 0 saturated carbocycles. The Morgan fingerprint density at radius 3 is 2.00 bits per heavy atom. The number of hydrogen-bond acceptors (Lipinski definition) is 3. The Bertz CT molecular complexity index is 484. The zero-order valence-electron chi connectivity index (χ0n) is 9.83. The molecule has 0 aromatic heterocycles. The van der Waals surface area contributed by atoms with Crippen LogP contribution in [0.3, 0.4) is 0 Å². The first kappa shape index (κ1) is 14.8. The summed E-state index contributed by atoms with van der Waals surface area (Å²) in [4.78, 5) is -0.0285. The SMILES string of the molecule is CC(C)(C)COS(=O)(=O)c1cc(Cl)cc(Cl)c1. The lowest BCUT2D eigenvalue weighted by atomic mass is 9.99. The summed E-state index contributed by atoms with van der Waals surface area (Å²) in [7, 11) is -3.81. The molecule has 0 amide bonds. The first-order valence-electron chi connectivity index (χ1n) is 4.96. The first-order valence-corrected chi connectivity index (χ1v) is 7.12. The molecule has 6 heteroatoms. The lowest BCUT2D eigenvalue weighted by Gasteiger charge is -2.17. The maximum atomic E-state index is 11.8. The molecule has 1 aromatic carbocycles. The molecule has 0 saturated heterocycles. The first-order chi connectivity index (χ1) is 7.60. The molecular weight excluding hydrogens is 283 g/mol. The van der Waals surface area contributed by atoms with E-state index in [1.165, 1.54) is 18.2 Å². The number of rotatable bonds is 3. The van der Waals surface area contributed by atoms with Crippen molar-refractivity contribution >= 4 is 33.3 Å². The van der Waals surface area contributed by atoms with Crippen molar-refractivity contribution in [2.24, 2.45) is 5.41 Å². The molecule has 1 aromatic rings. The summed E-state index contributed by atoms with van der Waals surface area (Å²) in [6, 6.07) is 4.09. The van der Waals surface area contributed by atoms with Gasteiger partial charge < -0.3 is 0 Å². The molecule has 17 heavy (non-hydrogen) atoms. The average molecular weight is 297 g/mol. The van der Waals surface area contributed by atoms with Crippen molar-refractivity contribution in [1.29, 1.82) is 0 Å². The average Bonchev–Trinajstić information content (AvgIpc) is 2.12. The van der Waals surface area contributed by atoms with Gasteiger partial charge in [0.2, 0.25) is 0 Å². The Balaban J connectivity index is 2.98. The molecule has 0 bridgehead atoms. The van der Waals surface area contributed by atoms with Crippen LogP contribution in [0, 0.1) is 5.41 Å². The Morgan fingerprint density at radius 2 is 1.59 bits per heavy atom. The van der Waals surface area contributed by atoms with Gasteiger partial charge in [-0.3, -0.25) is 4.18 Å². The summed E-state index contributed by atoms with van der Waals surface area (Å²) in [5, 5.41) is 0.519. The number of benzene rings is 1. The molecule has 0 N–H and O–H groups in total. The van der Waals surface area contributed by atoms with Crippen LogP contribution in [0.5, 0.6) is 0 Å². The molecule has 1 rings (SSSR count). The van der Waals surface area contributed by atoms with Crippen LogP contribution in [-0.4, -0.2) is 15.0 Å². The summed E-state index contributed by atoms with van der Waals surface area (Å²) in [5.74, 6) is 0. The van der Waals surface area contributed by atoms with Gasteiger partial charge in [0.05, 0.1) is 11.5 Å². The fraction of sp³-hybridized carbons (Fsp3) is 0.455. The molecular formula is C11H14Cl2O3S. The molecule has 96 valence electrons. The smallest absolute Gasteiger partial charge is 0.266 e. The third kappa shape index (κ3) is 4.84. The highest BCUT2D eigenvalue weighted by Gasteiger charge is 2.20. The van der Waals surface area contributed by atoms with E-state index in [9.17, 15) is 8.42 Å². The lowest BCUT2D eigenvalue weighted by molar-refractivity contribution is 0.203. The molecule has 0 atom stereocenters. The zero-order chi connectivity index (χ0) is 13.3. The van der Waals surface area contributed by atoms with Gasteiger partial charge in [0, 0.05) is 10.0 Å². The van der Waals surface area contributed by atoms with Gasteiger partial charge in [0.1, 0.15) is 0 Å². The number of halogens is 2. The highest BCUT2D eigenvalue weighted by Crippen LogP contribution is 2.25. The highest BCUT2D eigenvalue weighted by molar-refractivity contribution is 7.86. The van der Waals surface area contributed by atoms with Gasteiger partial charge in [-0.1, -0.05) is 44.0 Å². The van der Waals surface area contributed by atoms with E-state index in [4.69, 9.17) is 27.4 Å². The molecule has 0 aliphatic heterocycles. The van der Waals surface area contributed by atoms with Crippen LogP contribution in [0.4, 0.5) is 0 Å². The molecule has 0 unspecified atom stereocenters. The number of hydrogen-bond donors (Lipinski definition) is 0. The van der Waals surface area contributed by atoms with Crippen LogP contribution in [0.1, 0.15) is 20.8 Å². The van der Waals surface area contributed by atoms with Gasteiger partial charge >= 0.3 is 0 Å². The molecule has 0 fully saturated rings. The van der Waals surface area contributed by atoms with Gasteiger partial charge in [-0.05, 0) is 23.6 Å². The van der Waals surface area contributed by atoms with E-state index in [0.29, 0.717) is 0 Å². The minimum absolute atomic E-state index is 0.0285. The van der Waals surface area contributed by atoms with Gasteiger partial charge in [-0.2, -0.15) is 8.42 Å². The summed E-state index contributed by atoms with van der Waals surface area (Å²) in [5.41, 5.74) is -0.241. The van der Waals surface area contributed by atoms with Crippen LogP contribution in [0.25, 0.3) is 0 Å². The third-order valence-corrected chi connectivity index (χ3v) is 3.45. The largest absolute Gasteiger partial charge is 0.297 e. The van der Waals surface area contributed by atoms with Crippen molar-refractivity contribution in [2.75, 3.05) is 6.61 Å². The monoisotopic (exact) mass is 296 g/mol. The van der Waals surface area contributed by atoms with Crippen molar-refractivity contribution < 1.29 is 12.6 Å². The molecule has 0 radical (unpaired) electrons. The van der Waals surface area contributed by atoms with E-state index in [1.807, 2.05) is 20.8 Å². The predicted molar refractivity (Wildman–Crippen MR) is 69.1 cm³/mol. The maximum Gasteiger partial charge on any atom is 0.297 e. The summed E-state index contributed by atoms with van der Waals surface area (Å²) < 4.78 is 28.6. The Morgan fingerprint density at radius 1 is 1.12 bits per heavy atom. The summed E-state index contributed by atoms with van der Waals surface area (Å²) in [6.07, 6.45) is 0. The van der Waals surface area contributed by atoms with Crippen molar-refractivity contribution in [3.05, 3.63) is 28.2 Å². The van der Waals surface area contributed by atoms with Gasteiger partial charge in [-0.15, -0.1) is 0 Å². The highest BCUT2D eigenvalue weighted by atomic mass is 35.5. The van der Waals surface area contributed by atoms with Crippen molar-refractivity contribution in [2.45, 2.75) is 25.7 Å². The lowest BCUT2D eigenvalue weighted by Crippen LogP contribution is -2.18. The van der Waals surface area contributed by atoms with Gasteiger partial charge in [-0.25, -0.2) is 0 Å². The normalized spacial score (nSPS) is 12.8. The van der Waals surface area contributed by atoms with Crippen molar-refractivity contribution in [1.82, 2.24) is 0 Å². The second-order valence-electron chi connectivity index (χ2n) is 4.88. The molecule has 3 nitrogen and oxygen atoms in total. The fourth-order valence-corrected chi connectivity index (χ4v) is 2.84. The molecule has 0 aliphatic rings. The van der Waals surface area contributed by atoms with Crippen molar-refractivity contribution in [3.63, 3.8) is 0 Å². The molecule has 0 heterocycles. The second kappa shape index (κ2) is 5.14. The Labute approximate surface area is 112 Å². The van der Waals surface area contributed by atoms with Crippen LogP contribution in [0.15, 0.2) is 23.1 Å². The van der Waals surface area contributed by atoms with Gasteiger partial charge in [0.25, 0.3) is 10.1 Å². The standard InChI is InChI=1S/C11H14Cl2O3S/c1-11(2,3)7-16-17(14,15)10-5-8(12)4-9(13)6-10/h4-6H,7H2,1-3H3. The molecule has 0 spiro atoms. The maximum absolute atomic E-state index is 11.8. The fourth-order valence-electron chi connectivity index (χ4n) is 0.995. The third-order valence-electron chi connectivity index (χ3n) is 1.77. The van der Waals surface area contributed by atoms with E-state index in [2.05, 4.69) is 0 Å². The summed E-state index contributed by atoms with van der Waals surface area (Å²) >= 11 is 11.5. The quantitative estimate of drug-likeness (QED) is 0.798. The van der Waals surface area contributed by atoms with E-state index >= 15 is 0 Å². The topological polar surface area (TPSA) is 43.4 Å². The van der Waals surface area contributed by atoms with Crippen LogP contribution >= 0.6 is 23.2 Å². The van der Waals surface area contributed by atoms with Crippen molar-refractivity contribution in [3.8, 4) is 0 Å². The summed E-state index contributed by atoms with van der Waals surface area (Å²) in [6.45, 7) is 5.74. The molecule has 0 aliphatic carbocycles. The minimum atomic E-state index is -3.81. The van der Waals surface area contributed by atoms with E-state index in [1.54, 1.807) is 0 Å². The zero-order valence-corrected chi connectivity index (χ0v) is 12.2.